The van der Waals surface area contributed by atoms with Crippen molar-refractivity contribution < 1.29 is 32.3 Å². The third kappa shape index (κ3) is 4.96. The van der Waals surface area contributed by atoms with Crippen LogP contribution in [0.15, 0.2) is 30.3 Å². The minimum atomic E-state index is -4.80. The fourth-order valence-electron chi connectivity index (χ4n) is 3.79. The van der Waals surface area contributed by atoms with E-state index >= 15 is 0 Å². The highest BCUT2D eigenvalue weighted by atomic mass is 32.1. The van der Waals surface area contributed by atoms with Crippen LogP contribution in [-0.4, -0.2) is 39.0 Å². The van der Waals surface area contributed by atoms with Crippen molar-refractivity contribution in [1.29, 1.82) is 0 Å². The number of rotatable bonds is 6. The fourth-order valence-corrected chi connectivity index (χ4v) is 4.83. The van der Waals surface area contributed by atoms with E-state index in [0.717, 1.165) is 34.6 Å². The topological polar surface area (TPSA) is 129 Å². The molecule has 0 spiro atoms. The van der Waals surface area contributed by atoms with Crippen molar-refractivity contribution >= 4 is 39.8 Å². The van der Waals surface area contributed by atoms with Gasteiger partial charge in [-0.2, -0.15) is 18.3 Å². The van der Waals surface area contributed by atoms with E-state index in [4.69, 9.17) is 10.5 Å². The van der Waals surface area contributed by atoms with Gasteiger partial charge in [0.1, 0.15) is 5.00 Å². The molecule has 2 amide bonds. The molecule has 0 radical (unpaired) electrons. The first-order valence-corrected chi connectivity index (χ1v) is 12.1. The van der Waals surface area contributed by atoms with Crippen LogP contribution in [0.1, 0.15) is 59.8 Å². The number of nitrogens with one attached hydrogen (secondary N) is 1. The summed E-state index contributed by atoms with van der Waals surface area (Å²) in [5.74, 6) is -2.53. The molecule has 13 heteroatoms. The van der Waals surface area contributed by atoms with Crippen LogP contribution in [0.25, 0.3) is 16.9 Å². The van der Waals surface area contributed by atoms with Crippen LogP contribution in [0, 0.1) is 20.8 Å². The van der Waals surface area contributed by atoms with Gasteiger partial charge < -0.3 is 15.8 Å². The average molecular weight is 546 g/mol. The molecule has 0 saturated carbocycles. The molecular weight excluding hydrogens is 523 g/mol. The molecule has 9 nitrogen and oxygen atoms in total. The number of esters is 1. The molecule has 0 aliphatic heterocycles. The van der Waals surface area contributed by atoms with E-state index in [-0.39, 0.29) is 44.6 Å². The van der Waals surface area contributed by atoms with Gasteiger partial charge in [0.2, 0.25) is 0 Å². The smallest absolute Gasteiger partial charge is 0.433 e. The second-order valence-corrected chi connectivity index (χ2v) is 9.44. The Bertz CT molecular complexity index is 1610. The second-order valence-electron chi connectivity index (χ2n) is 8.42. The monoisotopic (exact) mass is 545 g/mol. The van der Waals surface area contributed by atoms with Gasteiger partial charge in [0.15, 0.2) is 17.0 Å². The van der Waals surface area contributed by atoms with Crippen molar-refractivity contribution in [2.45, 2.75) is 33.9 Å². The molecule has 0 fully saturated rings. The van der Waals surface area contributed by atoms with E-state index in [0.29, 0.717) is 10.1 Å². The van der Waals surface area contributed by atoms with Crippen LogP contribution >= 0.6 is 11.3 Å². The van der Waals surface area contributed by atoms with Gasteiger partial charge >= 0.3 is 12.1 Å². The van der Waals surface area contributed by atoms with Crippen molar-refractivity contribution in [2.24, 2.45) is 5.73 Å². The van der Waals surface area contributed by atoms with Gasteiger partial charge in [0.05, 0.1) is 22.7 Å². The first kappa shape index (κ1) is 26.8. The number of aryl methyl sites for hydroxylation is 2. The van der Waals surface area contributed by atoms with Crippen LogP contribution in [0.2, 0.25) is 0 Å². The van der Waals surface area contributed by atoms with Gasteiger partial charge in [-0.1, -0.05) is 12.1 Å². The Kier molecular flexibility index (Phi) is 6.98. The summed E-state index contributed by atoms with van der Waals surface area (Å²) in [6, 6.07) is 7.15. The molecule has 3 aromatic heterocycles. The van der Waals surface area contributed by atoms with Gasteiger partial charge in [-0.05, 0) is 56.5 Å². The molecule has 0 saturated heterocycles. The number of carbonyl (C=O) groups is 3. The lowest BCUT2D eigenvalue weighted by Gasteiger charge is -2.11. The Morgan fingerprint density at radius 3 is 2.42 bits per heavy atom. The summed E-state index contributed by atoms with van der Waals surface area (Å²) in [5, 5.41) is 6.24. The zero-order chi connectivity index (χ0) is 27.9. The molecule has 0 aliphatic rings. The highest BCUT2D eigenvalue weighted by molar-refractivity contribution is 7.18. The molecule has 0 bridgehead atoms. The molecule has 4 rings (SSSR count). The van der Waals surface area contributed by atoms with E-state index in [2.05, 4.69) is 15.4 Å². The number of hydrogen-bond donors (Lipinski definition) is 2. The minimum Gasteiger partial charge on any atom is -0.462 e. The number of nitrogens with zero attached hydrogens (tertiary/aromatic N) is 3. The zero-order valence-electron chi connectivity index (χ0n) is 20.7. The van der Waals surface area contributed by atoms with Gasteiger partial charge in [-0.15, -0.1) is 11.3 Å². The molecule has 1 aromatic carbocycles. The SMILES string of the molecule is CCOC(=O)c1c(NC(=O)c2cc3nc(-c4ccc(C)c(C)c4)cc(C(F)(F)F)n3n2)sc(C(N)=O)c1C. The number of ether oxygens (including phenoxy) is 1. The highest BCUT2D eigenvalue weighted by Gasteiger charge is 2.36. The first-order valence-electron chi connectivity index (χ1n) is 11.3. The lowest BCUT2D eigenvalue weighted by Crippen LogP contribution is -2.17. The van der Waals surface area contributed by atoms with E-state index in [1.165, 1.54) is 6.92 Å². The molecule has 4 aromatic rings. The number of alkyl halides is 3. The summed E-state index contributed by atoms with van der Waals surface area (Å²) in [6.07, 6.45) is -4.80. The lowest BCUT2D eigenvalue weighted by atomic mass is 10.0. The number of carbonyl (C=O) groups excluding carboxylic acids is 3. The third-order valence-corrected chi connectivity index (χ3v) is 7.05. The Morgan fingerprint density at radius 1 is 1.11 bits per heavy atom. The molecule has 0 unspecified atom stereocenters. The predicted molar refractivity (Wildman–Crippen MR) is 134 cm³/mol. The Morgan fingerprint density at radius 2 is 1.82 bits per heavy atom. The summed E-state index contributed by atoms with van der Waals surface area (Å²) >= 11 is 0.750. The molecule has 38 heavy (non-hydrogen) atoms. The van der Waals surface area contributed by atoms with Gasteiger partial charge in [0.25, 0.3) is 11.8 Å². The van der Waals surface area contributed by atoms with Crippen molar-refractivity contribution in [3.05, 3.63) is 68.9 Å². The lowest BCUT2D eigenvalue weighted by molar-refractivity contribution is -0.142. The largest absolute Gasteiger partial charge is 0.462 e. The van der Waals surface area contributed by atoms with Crippen LogP contribution < -0.4 is 11.1 Å². The summed E-state index contributed by atoms with van der Waals surface area (Å²) in [4.78, 5) is 41.7. The standard InChI is InChI=1S/C25H22F3N5O4S/c1-5-37-24(36)19-13(4)20(21(29)34)38-23(19)31-22(35)16-10-18-30-15(14-7-6-11(2)12(3)8-14)9-17(25(26,27)28)33(18)32-16/h6-10H,5H2,1-4H3,(H2,29,34)(H,31,35). The van der Waals surface area contributed by atoms with Gasteiger partial charge in [-0.3, -0.25) is 9.59 Å². The number of benzene rings is 1. The number of hydrogen-bond acceptors (Lipinski definition) is 7. The number of aromatic nitrogens is 3. The van der Waals surface area contributed by atoms with Crippen molar-refractivity contribution in [1.82, 2.24) is 14.6 Å². The number of fused-ring (bicyclic) bond motifs is 1. The zero-order valence-corrected chi connectivity index (χ0v) is 21.5. The van der Waals surface area contributed by atoms with Crippen LogP contribution in [0.5, 0.6) is 0 Å². The predicted octanol–water partition coefficient (Wildman–Crippen LogP) is 4.93. The normalized spacial score (nSPS) is 11.6. The van der Waals surface area contributed by atoms with Crippen LogP contribution in [0.3, 0.4) is 0 Å². The van der Waals surface area contributed by atoms with E-state index in [9.17, 15) is 27.6 Å². The number of halogens is 3. The van der Waals surface area contributed by atoms with Crippen molar-refractivity contribution in [3.8, 4) is 11.3 Å². The Balaban J connectivity index is 1.79. The summed E-state index contributed by atoms with van der Waals surface area (Å²) in [6.45, 7) is 6.81. The summed E-state index contributed by atoms with van der Waals surface area (Å²) < 4.78 is 47.5. The summed E-state index contributed by atoms with van der Waals surface area (Å²) in [5.41, 5.74) is 6.19. The number of anilines is 1. The van der Waals surface area contributed by atoms with Crippen LogP contribution in [0.4, 0.5) is 18.2 Å². The molecule has 0 atom stereocenters. The maximum Gasteiger partial charge on any atom is 0.433 e. The number of thiophene rings is 1. The van der Waals surface area contributed by atoms with Gasteiger partial charge in [-0.25, -0.2) is 14.3 Å². The van der Waals surface area contributed by atoms with Crippen LogP contribution in [-0.2, 0) is 10.9 Å². The Labute approximate surface area is 218 Å². The van der Waals surface area contributed by atoms with E-state index in [1.54, 1.807) is 25.1 Å². The fraction of sp³-hybridized carbons (Fsp3) is 0.240. The second kappa shape index (κ2) is 9.89. The maximum absolute atomic E-state index is 14.0. The van der Waals surface area contributed by atoms with E-state index in [1.807, 2.05) is 13.8 Å². The van der Waals surface area contributed by atoms with Crippen molar-refractivity contribution in [3.63, 3.8) is 0 Å². The molecular formula is C25H22F3N5O4S. The van der Waals surface area contributed by atoms with E-state index < -0.39 is 29.7 Å². The molecule has 198 valence electrons. The van der Waals surface area contributed by atoms with Crippen molar-refractivity contribution in [2.75, 3.05) is 11.9 Å². The highest BCUT2D eigenvalue weighted by Crippen LogP contribution is 2.35. The molecule has 3 heterocycles. The summed E-state index contributed by atoms with van der Waals surface area (Å²) in [7, 11) is 0. The maximum atomic E-state index is 14.0. The number of nitrogens with two attached hydrogens (primary N) is 1. The minimum absolute atomic E-state index is 0.0254. The first-order chi connectivity index (χ1) is 17.8. The molecule has 3 N–H and O–H groups in total. The van der Waals surface area contributed by atoms with Gasteiger partial charge in [0, 0.05) is 11.6 Å². The number of amides is 2. The number of primary amides is 1. The molecule has 0 aliphatic carbocycles. The average Bonchev–Trinajstić information content (AvgIpc) is 3.40. The quantitative estimate of drug-likeness (QED) is 0.331. The third-order valence-electron chi connectivity index (χ3n) is 5.83. The Hall–Kier alpha value is -4.26.